The third-order valence-corrected chi connectivity index (χ3v) is 4.02. The van der Waals surface area contributed by atoms with E-state index >= 15 is 0 Å². The van der Waals surface area contributed by atoms with E-state index in [1.54, 1.807) is 6.07 Å². The van der Waals surface area contributed by atoms with E-state index in [-0.39, 0.29) is 18.5 Å². The van der Waals surface area contributed by atoms with Gasteiger partial charge in [0.2, 0.25) is 5.91 Å². The zero-order valence-electron chi connectivity index (χ0n) is 10.6. The number of rotatable bonds is 4. The lowest BCUT2D eigenvalue weighted by molar-refractivity contribution is -0.122. The van der Waals surface area contributed by atoms with Crippen LogP contribution in [-0.2, 0) is 11.3 Å². The van der Waals surface area contributed by atoms with Crippen LogP contribution in [0.1, 0.15) is 17.8 Å². The number of halogens is 1. The van der Waals surface area contributed by atoms with Crippen LogP contribution in [0.2, 0.25) is 4.34 Å². The minimum Gasteiger partial charge on any atom is -0.347 e. The van der Waals surface area contributed by atoms with Gasteiger partial charge in [-0.15, -0.1) is 11.3 Å². The number of nitrogens with one attached hydrogen (secondary N) is 2. The average molecular weight is 314 g/mol. The van der Waals surface area contributed by atoms with Crippen molar-refractivity contribution in [2.75, 3.05) is 0 Å². The van der Waals surface area contributed by atoms with Crippen molar-refractivity contribution >= 4 is 28.8 Å². The van der Waals surface area contributed by atoms with E-state index in [2.05, 4.69) is 10.3 Å². The van der Waals surface area contributed by atoms with E-state index in [0.29, 0.717) is 4.34 Å². The van der Waals surface area contributed by atoms with Crippen molar-refractivity contribution in [3.05, 3.63) is 54.4 Å². The van der Waals surface area contributed by atoms with Crippen LogP contribution >= 0.6 is 22.9 Å². The number of H-pyrrole nitrogens is 1. The molecular formula is C12H12ClN3O3S. The molecule has 0 fully saturated rings. The number of aromatic amines is 1. The molecule has 0 spiro atoms. The number of carbonyl (C=O) groups excluding carboxylic acids is 1. The highest BCUT2D eigenvalue weighted by Gasteiger charge is 2.12. The molecule has 0 aliphatic rings. The predicted molar refractivity (Wildman–Crippen MR) is 77.2 cm³/mol. The maximum absolute atomic E-state index is 11.8. The summed E-state index contributed by atoms with van der Waals surface area (Å²) >= 11 is 7.22. The lowest BCUT2D eigenvalue weighted by atomic mass is 10.3. The molecule has 20 heavy (non-hydrogen) atoms. The molecule has 106 valence electrons. The van der Waals surface area contributed by atoms with Crippen molar-refractivity contribution in [1.29, 1.82) is 0 Å². The number of hydrogen-bond donors (Lipinski definition) is 2. The third kappa shape index (κ3) is 3.58. The summed E-state index contributed by atoms with van der Waals surface area (Å²) in [5, 5.41) is 2.76. The Labute approximate surface area is 123 Å². The van der Waals surface area contributed by atoms with Gasteiger partial charge in [-0.25, -0.2) is 4.79 Å². The average Bonchev–Trinajstić information content (AvgIpc) is 2.79. The monoisotopic (exact) mass is 313 g/mol. The van der Waals surface area contributed by atoms with Gasteiger partial charge in [0.25, 0.3) is 5.56 Å². The van der Waals surface area contributed by atoms with Crippen LogP contribution in [0, 0.1) is 0 Å². The smallest absolute Gasteiger partial charge is 0.328 e. The van der Waals surface area contributed by atoms with Crippen LogP contribution in [0.5, 0.6) is 0 Å². The number of carbonyl (C=O) groups is 1. The Morgan fingerprint density at radius 3 is 2.80 bits per heavy atom. The molecule has 0 bridgehead atoms. The molecule has 0 unspecified atom stereocenters. The zero-order valence-corrected chi connectivity index (χ0v) is 12.1. The van der Waals surface area contributed by atoms with Crippen LogP contribution < -0.4 is 16.6 Å². The molecule has 0 radical (unpaired) electrons. The minimum atomic E-state index is -0.612. The molecule has 2 rings (SSSR count). The van der Waals surface area contributed by atoms with Gasteiger partial charge in [0, 0.05) is 17.1 Å². The summed E-state index contributed by atoms with van der Waals surface area (Å²) in [7, 11) is 0. The highest BCUT2D eigenvalue weighted by atomic mass is 35.5. The Balaban J connectivity index is 2.02. The fourth-order valence-electron chi connectivity index (χ4n) is 1.64. The SMILES string of the molecule is C[C@H](NC(=O)Cn1ccc(=O)[nH]c1=O)c1ccc(Cl)s1. The van der Waals surface area contributed by atoms with E-state index < -0.39 is 11.2 Å². The fraction of sp³-hybridized carbons (Fsp3) is 0.250. The molecule has 6 nitrogen and oxygen atoms in total. The second-order valence-electron chi connectivity index (χ2n) is 4.17. The number of thiophene rings is 1. The van der Waals surface area contributed by atoms with Gasteiger partial charge >= 0.3 is 5.69 Å². The van der Waals surface area contributed by atoms with Crippen LogP contribution in [0.4, 0.5) is 0 Å². The van der Waals surface area contributed by atoms with Gasteiger partial charge in [0.15, 0.2) is 0 Å². The van der Waals surface area contributed by atoms with E-state index in [1.165, 1.54) is 23.6 Å². The molecule has 0 saturated carbocycles. The molecule has 2 N–H and O–H groups in total. The lowest BCUT2D eigenvalue weighted by Gasteiger charge is -2.12. The summed E-state index contributed by atoms with van der Waals surface area (Å²) in [5.74, 6) is -0.323. The van der Waals surface area contributed by atoms with Crippen LogP contribution in [0.3, 0.4) is 0 Å². The molecule has 2 heterocycles. The van der Waals surface area contributed by atoms with E-state index in [0.717, 1.165) is 9.44 Å². The Kier molecular flexibility index (Phi) is 4.41. The van der Waals surface area contributed by atoms with Gasteiger partial charge in [-0.2, -0.15) is 0 Å². The van der Waals surface area contributed by atoms with Crippen LogP contribution in [-0.4, -0.2) is 15.5 Å². The Morgan fingerprint density at radius 1 is 1.45 bits per heavy atom. The minimum absolute atomic E-state index is 0.154. The first-order valence-corrected chi connectivity index (χ1v) is 6.99. The molecule has 0 aliphatic carbocycles. The maximum Gasteiger partial charge on any atom is 0.328 e. The standard InChI is InChI=1S/C12H12ClN3O3S/c1-7(8-2-3-9(13)20-8)14-11(18)6-16-5-4-10(17)15-12(16)19/h2-5,7H,6H2,1H3,(H,14,18)(H,15,17,19)/t7-/m0/s1. The maximum atomic E-state index is 11.8. The third-order valence-electron chi connectivity index (χ3n) is 2.61. The number of aromatic nitrogens is 2. The van der Waals surface area contributed by atoms with Gasteiger partial charge in [0.1, 0.15) is 6.54 Å². The second-order valence-corrected chi connectivity index (χ2v) is 5.92. The first kappa shape index (κ1) is 14.5. The summed E-state index contributed by atoms with van der Waals surface area (Å²) in [4.78, 5) is 37.2. The number of nitrogens with zero attached hydrogens (tertiary/aromatic N) is 1. The molecule has 1 atom stereocenters. The Bertz CT molecular complexity index is 734. The highest BCUT2D eigenvalue weighted by molar-refractivity contribution is 7.16. The molecular weight excluding hydrogens is 302 g/mol. The molecule has 2 aromatic rings. The van der Waals surface area contributed by atoms with Crippen molar-refractivity contribution < 1.29 is 4.79 Å². The largest absolute Gasteiger partial charge is 0.347 e. The van der Waals surface area contributed by atoms with Gasteiger partial charge in [-0.05, 0) is 19.1 Å². The van der Waals surface area contributed by atoms with E-state index in [4.69, 9.17) is 11.6 Å². The molecule has 0 saturated heterocycles. The second kappa shape index (κ2) is 6.06. The lowest BCUT2D eigenvalue weighted by Crippen LogP contribution is -2.36. The molecule has 0 aromatic carbocycles. The van der Waals surface area contributed by atoms with E-state index in [1.807, 2.05) is 13.0 Å². The normalized spacial score (nSPS) is 12.1. The van der Waals surface area contributed by atoms with Gasteiger partial charge in [-0.3, -0.25) is 19.1 Å². The topological polar surface area (TPSA) is 84.0 Å². The summed E-state index contributed by atoms with van der Waals surface area (Å²) in [6, 6.07) is 4.59. The number of amides is 1. The first-order chi connectivity index (χ1) is 9.45. The highest BCUT2D eigenvalue weighted by Crippen LogP contribution is 2.26. The summed E-state index contributed by atoms with van der Waals surface area (Å²) in [5.41, 5.74) is -1.10. The summed E-state index contributed by atoms with van der Waals surface area (Å²) in [6.07, 6.45) is 1.29. The molecule has 2 aromatic heterocycles. The predicted octanol–water partition coefficient (Wildman–Crippen LogP) is 1.13. The van der Waals surface area contributed by atoms with Gasteiger partial charge in [-0.1, -0.05) is 11.6 Å². The molecule has 1 amide bonds. The van der Waals surface area contributed by atoms with Gasteiger partial charge < -0.3 is 5.32 Å². The molecule has 8 heteroatoms. The van der Waals surface area contributed by atoms with Crippen LogP contribution in [0.25, 0.3) is 0 Å². The first-order valence-electron chi connectivity index (χ1n) is 5.80. The van der Waals surface area contributed by atoms with Crippen molar-refractivity contribution in [2.24, 2.45) is 0 Å². The van der Waals surface area contributed by atoms with Crippen molar-refractivity contribution in [3.8, 4) is 0 Å². The summed E-state index contributed by atoms with van der Waals surface area (Å²) in [6.45, 7) is 1.68. The Morgan fingerprint density at radius 2 is 2.20 bits per heavy atom. The molecule has 0 aliphatic heterocycles. The fourth-order valence-corrected chi connectivity index (χ4v) is 2.71. The van der Waals surface area contributed by atoms with Crippen molar-refractivity contribution in [3.63, 3.8) is 0 Å². The van der Waals surface area contributed by atoms with Crippen molar-refractivity contribution in [1.82, 2.24) is 14.9 Å². The summed E-state index contributed by atoms with van der Waals surface area (Å²) < 4.78 is 1.78. The van der Waals surface area contributed by atoms with E-state index in [9.17, 15) is 14.4 Å². The zero-order chi connectivity index (χ0) is 14.7. The quantitative estimate of drug-likeness (QED) is 0.887. The number of hydrogen-bond acceptors (Lipinski definition) is 4. The van der Waals surface area contributed by atoms with Crippen molar-refractivity contribution in [2.45, 2.75) is 19.5 Å². The van der Waals surface area contributed by atoms with Crippen LogP contribution in [0.15, 0.2) is 34.0 Å². The van der Waals surface area contributed by atoms with Gasteiger partial charge in [0.05, 0.1) is 10.4 Å². The Hall–Kier alpha value is -1.86.